The minimum atomic E-state index is -0.494. The molecule has 8 heteroatoms. The van der Waals surface area contributed by atoms with Crippen LogP contribution in [-0.4, -0.2) is 29.1 Å². The molecule has 0 saturated carbocycles. The van der Waals surface area contributed by atoms with E-state index in [1.54, 1.807) is 12.1 Å². The van der Waals surface area contributed by atoms with Crippen LogP contribution in [0, 0.1) is 13.8 Å². The highest BCUT2D eigenvalue weighted by Crippen LogP contribution is 2.27. The van der Waals surface area contributed by atoms with Gasteiger partial charge >= 0.3 is 0 Å². The van der Waals surface area contributed by atoms with Gasteiger partial charge in [0.25, 0.3) is 0 Å². The van der Waals surface area contributed by atoms with E-state index in [2.05, 4.69) is 22.4 Å². The summed E-state index contributed by atoms with van der Waals surface area (Å²) in [7, 11) is 0. The maximum Gasteiger partial charge on any atom is 0.249 e. The van der Waals surface area contributed by atoms with E-state index in [0.717, 1.165) is 22.6 Å². The number of halogens is 2. The number of rotatable bonds is 7. The summed E-state index contributed by atoms with van der Waals surface area (Å²) in [5, 5.41) is 7.42. The van der Waals surface area contributed by atoms with Crippen LogP contribution in [0.2, 0.25) is 10.0 Å². The van der Waals surface area contributed by atoms with Crippen molar-refractivity contribution in [3.8, 4) is 5.69 Å². The summed E-state index contributed by atoms with van der Waals surface area (Å²) < 4.78 is 2.01. The monoisotopic (exact) mass is 406 g/mol. The van der Waals surface area contributed by atoms with E-state index in [1.807, 2.05) is 30.5 Å². The molecule has 2 rings (SSSR count). The van der Waals surface area contributed by atoms with Crippen molar-refractivity contribution in [1.29, 1.82) is 0 Å². The Hall–Kier alpha value is -2.57. The molecule has 0 aliphatic carbocycles. The van der Waals surface area contributed by atoms with Gasteiger partial charge in [-0.05, 0) is 38.1 Å². The lowest BCUT2D eigenvalue weighted by molar-refractivity contribution is -0.129. The molecule has 0 fully saturated rings. The quantitative estimate of drug-likeness (QED) is 0.319. The van der Waals surface area contributed by atoms with Crippen molar-refractivity contribution in [2.75, 3.05) is 6.54 Å². The summed E-state index contributed by atoms with van der Waals surface area (Å²) in [6.45, 7) is 7.69. The first kappa shape index (κ1) is 20.7. The van der Waals surface area contributed by atoms with E-state index in [4.69, 9.17) is 23.2 Å². The molecule has 0 unspecified atom stereocenters. The molecule has 2 amide bonds. The zero-order valence-electron chi connectivity index (χ0n) is 15.1. The number of benzene rings is 1. The molecule has 142 valence electrons. The van der Waals surface area contributed by atoms with Crippen molar-refractivity contribution < 1.29 is 9.59 Å². The summed E-state index contributed by atoms with van der Waals surface area (Å²) in [4.78, 5) is 23.2. The Morgan fingerprint density at radius 1 is 1.19 bits per heavy atom. The first-order valence-electron chi connectivity index (χ1n) is 8.17. The van der Waals surface area contributed by atoms with Gasteiger partial charge in [-0.15, -0.1) is 6.58 Å². The lowest BCUT2D eigenvalue weighted by atomic mass is 10.2. The number of aromatic nitrogens is 1. The summed E-state index contributed by atoms with van der Waals surface area (Å²) in [6, 6.07) is 7.33. The second-order valence-electron chi connectivity index (χ2n) is 5.82. The highest BCUT2D eigenvalue weighted by Gasteiger charge is 2.11. The molecule has 1 aromatic heterocycles. The first-order valence-corrected chi connectivity index (χ1v) is 8.93. The van der Waals surface area contributed by atoms with Crippen LogP contribution in [0.4, 0.5) is 0 Å². The van der Waals surface area contributed by atoms with Crippen molar-refractivity contribution in [3.63, 3.8) is 0 Å². The van der Waals surface area contributed by atoms with Crippen molar-refractivity contribution in [3.05, 3.63) is 63.9 Å². The summed E-state index contributed by atoms with van der Waals surface area (Å²) in [5.74, 6) is -0.883. The maximum absolute atomic E-state index is 11.7. The van der Waals surface area contributed by atoms with Gasteiger partial charge in [-0.25, -0.2) is 5.43 Å². The van der Waals surface area contributed by atoms with Crippen molar-refractivity contribution in [2.24, 2.45) is 5.10 Å². The Balaban J connectivity index is 2.08. The minimum absolute atomic E-state index is 0.298. The Morgan fingerprint density at radius 3 is 2.59 bits per heavy atom. The predicted molar refractivity (Wildman–Crippen MR) is 109 cm³/mol. The topological polar surface area (TPSA) is 75.5 Å². The maximum atomic E-state index is 11.7. The van der Waals surface area contributed by atoms with Crippen LogP contribution < -0.4 is 10.7 Å². The van der Waals surface area contributed by atoms with E-state index >= 15 is 0 Å². The number of nitrogens with zero attached hydrogens (tertiary/aromatic N) is 2. The van der Waals surface area contributed by atoms with Crippen LogP contribution in [-0.2, 0) is 9.59 Å². The average Bonchev–Trinajstić information content (AvgIpc) is 2.89. The van der Waals surface area contributed by atoms with Gasteiger partial charge in [0.05, 0.1) is 16.3 Å². The Labute approximate surface area is 167 Å². The van der Waals surface area contributed by atoms with Crippen LogP contribution >= 0.6 is 23.2 Å². The summed E-state index contributed by atoms with van der Waals surface area (Å²) in [6.07, 6.45) is 2.78. The molecule has 0 spiro atoms. The molecule has 0 bridgehead atoms. The van der Waals surface area contributed by atoms with Crippen LogP contribution in [0.3, 0.4) is 0 Å². The number of carbonyl (C=O) groups is 2. The Kier molecular flexibility index (Phi) is 7.21. The van der Waals surface area contributed by atoms with Crippen LogP contribution in [0.15, 0.2) is 42.0 Å². The van der Waals surface area contributed by atoms with Gasteiger partial charge in [0.15, 0.2) is 0 Å². The van der Waals surface area contributed by atoms with E-state index in [1.165, 1.54) is 12.3 Å². The fraction of sp³-hybridized carbons (Fsp3) is 0.211. The summed E-state index contributed by atoms with van der Waals surface area (Å²) >= 11 is 12.1. The number of amides is 2. The molecular formula is C19H20Cl2N4O2. The highest BCUT2D eigenvalue weighted by atomic mass is 35.5. The molecule has 0 aliphatic rings. The largest absolute Gasteiger partial charge is 0.352 e. The molecular weight excluding hydrogens is 387 g/mol. The summed E-state index contributed by atoms with van der Waals surface area (Å²) in [5.41, 5.74) is 5.95. The number of hydrazone groups is 1. The van der Waals surface area contributed by atoms with Gasteiger partial charge in [-0.2, -0.15) is 5.10 Å². The average molecular weight is 407 g/mol. The molecule has 1 aromatic carbocycles. The van der Waals surface area contributed by atoms with Crippen molar-refractivity contribution >= 4 is 41.2 Å². The highest BCUT2D eigenvalue weighted by molar-refractivity contribution is 6.42. The lowest BCUT2D eigenvalue weighted by Crippen LogP contribution is -2.29. The molecule has 0 radical (unpaired) electrons. The normalized spacial score (nSPS) is 10.8. The SMILES string of the molecule is C=CCNC(=O)CC(=O)N/N=C/c1cc(C)n(-c2ccc(Cl)c(Cl)c2)c1C. The fourth-order valence-electron chi connectivity index (χ4n) is 2.55. The van der Waals surface area contributed by atoms with Gasteiger partial charge in [-0.1, -0.05) is 29.3 Å². The number of nitrogens with one attached hydrogen (secondary N) is 2. The van der Waals surface area contributed by atoms with Gasteiger partial charge in [0.2, 0.25) is 11.8 Å². The van der Waals surface area contributed by atoms with E-state index in [0.29, 0.717) is 16.6 Å². The Bertz CT molecular complexity index is 903. The van der Waals surface area contributed by atoms with Gasteiger partial charge in [0, 0.05) is 29.2 Å². The molecule has 27 heavy (non-hydrogen) atoms. The van der Waals surface area contributed by atoms with E-state index < -0.39 is 5.91 Å². The zero-order chi connectivity index (χ0) is 20.0. The van der Waals surface area contributed by atoms with Crippen LogP contribution in [0.1, 0.15) is 23.4 Å². The van der Waals surface area contributed by atoms with Gasteiger partial charge < -0.3 is 9.88 Å². The second kappa shape index (κ2) is 9.39. The van der Waals surface area contributed by atoms with E-state index in [9.17, 15) is 9.59 Å². The smallest absolute Gasteiger partial charge is 0.249 e. The fourth-order valence-corrected chi connectivity index (χ4v) is 2.84. The molecule has 0 saturated heterocycles. The number of hydrogen-bond donors (Lipinski definition) is 2. The number of aryl methyl sites for hydroxylation is 1. The first-order chi connectivity index (χ1) is 12.8. The third-order valence-electron chi connectivity index (χ3n) is 3.79. The zero-order valence-corrected chi connectivity index (χ0v) is 16.6. The predicted octanol–water partition coefficient (Wildman–Crippen LogP) is 3.54. The third-order valence-corrected chi connectivity index (χ3v) is 4.53. The molecule has 2 N–H and O–H groups in total. The molecule has 1 heterocycles. The van der Waals surface area contributed by atoms with Gasteiger partial charge in [0.1, 0.15) is 6.42 Å². The lowest BCUT2D eigenvalue weighted by Gasteiger charge is -2.10. The number of hydrogen-bond acceptors (Lipinski definition) is 3. The molecule has 6 nitrogen and oxygen atoms in total. The van der Waals surface area contributed by atoms with E-state index in [-0.39, 0.29) is 12.3 Å². The second-order valence-corrected chi connectivity index (χ2v) is 6.64. The van der Waals surface area contributed by atoms with Crippen LogP contribution in [0.25, 0.3) is 5.69 Å². The minimum Gasteiger partial charge on any atom is -0.352 e. The molecule has 0 aliphatic heterocycles. The standard InChI is InChI=1S/C19H20Cl2N4O2/c1-4-7-22-18(26)10-19(27)24-23-11-14-8-12(2)25(13(14)3)15-5-6-16(20)17(21)9-15/h4-6,8-9,11H,1,7,10H2,2-3H3,(H,22,26)(H,24,27)/b23-11+. The molecule has 2 aromatic rings. The third kappa shape index (κ3) is 5.45. The molecule has 0 atom stereocenters. The van der Waals surface area contributed by atoms with Gasteiger partial charge in [-0.3, -0.25) is 9.59 Å². The van der Waals surface area contributed by atoms with Crippen molar-refractivity contribution in [2.45, 2.75) is 20.3 Å². The van der Waals surface area contributed by atoms with Crippen molar-refractivity contribution in [1.82, 2.24) is 15.3 Å². The number of carbonyl (C=O) groups excluding carboxylic acids is 2. The van der Waals surface area contributed by atoms with Crippen LogP contribution in [0.5, 0.6) is 0 Å². The Morgan fingerprint density at radius 2 is 1.93 bits per heavy atom.